The Kier molecular flexibility index (Phi) is 6.16. The van der Waals surface area contributed by atoms with E-state index in [1.165, 1.54) is 11.8 Å². The van der Waals surface area contributed by atoms with E-state index >= 15 is 0 Å². The lowest BCUT2D eigenvalue weighted by atomic mass is 10.2. The van der Waals surface area contributed by atoms with Gasteiger partial charge in [-0.3, -0.25) is 0 Å². The summed E-state index contributed by atoms with van der Waals surface area (Å²) in [6, 6.07) is 25.5. The molecule has 0 atom stereocenters. The summed E-state index contributed by atoms with van der Waals surface area (Å²) in [6.45, 7) is 0.408. The van der Waals surface area contributed by atoms with E-state index in [1.807, 2.05) is 78.9 Å². The smallest absolute Gasteiger partial charge is 0.156 e. The van der Waals surface area contributed by atoms with Crippen molar-refractivity contribution in [2.45, 2.75) is 10.9 Å². The Morgan fingerprint density at radius 1 is 1.07 bits per heavy atom. The Morgan fingerprint density at radius 2 is 1.83 bits per heavy atom. The number of nitriles is 1. The third-order valence-electron chi connectivity index (χ3n) is 4.11. The van der Waals surface area contributed by atoms with Crippen molar-refractivity contribution < 1.29 is 4.74 Å². The summed E-state index contributed by atoms with van der Waals surface area (Å²) >= 11 is 9.13. The maximum absolute atomic E-state index is 9.51. The third kappa shape index (κ3) is 4.99. The predicted molar refractivity (Wildman–Crippen MR) is 121 cm³/mol. The summed E-state index contributed by atoms with van der Waals surface area (Å²) in [7, 11) is 0. The molecule has 4 aromatic rings. The minimum atomic E-state index is 0.408. The Morgan fingerprint density at radius 3 is 2.59 bits per heavy atom. The van der Waals surface area contributed by atoms with Crippen molar-refractivity contribution in [2.24, 2.45) is 0 Å². The molecule has 0 saturated carbocycles. The fourth-order valence-corrected chi connectivity index (χ4v) is 4.83. The van der Waals surface area contributed by atoms with Crippen LogP contribution in [-0.4, -0.2) is 4.98 Å². The third-order valence-corrected chi connectivity index (χ3v) is 6.51. The van der Waals surface area contributed by atoms with E-state index in [9.17, 15) is 5.26 Å². The Bertz CT molecular complexity index is 1180. The largest absolute Gasteiger partial charge is 0.489 e. The van der Waals surface area contributed by atoms with E-state index in [-0.39, 0.29) is 0 Å². The van der Waals surface area contributed by atoms with Crippen LogP contribution < -0.4 is 4.74 Å². The van der Waals surface area contributed by atoms with Crippen LogP contribution in [0.15, 0.2) is 82.0 Å². The van der Waals surface area contributed by atoms with Gasteiger partial charge in [-0.1, -0.05) is 54.1 Å². The Balaban J connectivity index is 1.43. The molecule has 0 radical (unpaired) electrons. The maximum Gasteiger partial charge on any atom is 0.156 e. The molecule has 4 rings (SSSR count). The van der Waals surface area contributed by atoms with Crippen molar-refractivity contribution >= 4 is 51.0 Å². The molecule has 3 nitrogen and oxygen atoms in total. The summed E-state index contributed by atoms with van der Waals surface area (Å²) in [5.41, 5.74) is 2.83. The number of ether oxygens (including phenoxy) is 1. The van der Waals surface area contributed by atoms with Crippen LogP contribution >= 0.6 is 34.7 Å². The van der Waals surface area contributed by atoms with Crippen molar-refractivity contribution in [1.82, 2.24) is 4.98 Å². The van der Waals surface area contributed by atoms with Crippen LogP contribution in [0.1, 0.15) is 11.1 Å². The average molecular weight is 435 g/mol. The molecule has 0 amide bonds. The lowest BCUT2D eigenvalue weighted by molar-refractivity contribution is 0.306. The van der Waals surface area contributed by atoms with Crippen molar-refractivity contribution in [3.8, 4) is 11.8 Å². The fraction of sp³-hybridized carbons (Fsp3) is 0.0435. The second-order valence-electron chi connectivity index (χ2n) is 6.12. The van der Waals surface area contributed by atoms with Crippen LogP contribution in [0.5, 0.6) is 5.75 Å². The van der Waals surface area contributed by atoms with Gasteiger partial charge in [0.05, 0.1) is 15.1 Å². The average Bonchev–Trinajstić information content (AvgIpc) is 3.16. The number of rotatable bonds is 6. The summed E-state index contributed by atoms with van der Waals surface area (Å²) in [5.74, 6) is 0.749. The van der Waals surface area contributed by atoms with E-state index in [0.29, 0.717) is 16.5 Å². The van der Waals surface area contributed by atoms with Crippen LogP contribution in [0.3, 0.4) is 0 Å². The minimum Gasteiger partial charge on any atom is -0.489 e. The SMILES string of the molecule is N#C/C(=C\c1ccc(OCc2ccccc2Cl)cc1)Sc1nc2ccccc2s1. The first-order chi connectivity index (χ1) is 14.2. The zero-order valence-corrected chi connectivity index (χ0v) is 17.6. The predicted octanol–water partition coefficient (Wildman–Crippen LogP) is 7.19. The van der Waals surface area contributed by atoms with Gasteiger partial charge in [0.25, 0.3) is 0 Å². The van der Waals surface area contributed by atoms with Gasteiger partial charge >= 0.3 is 0 Å². The quantitative estimate of drug-likeness (QED) is 0.238. The molecule has 0 spiro atoms. The number of hydrogen-bond acceptors (Lipinski definition) is 5. The molecular weight excluding hydrogens is 420 g/mol. The van der Waals surface area contributed by atoms with Crippen LogP contribution in [0.4, 0.5) is 0 Å². The highest BCUT2D eigenvalue weighted by Gasteiger charge is 2.07. The van der Waals surface area contributed by atoms with Crippen molar-refractivity contribution in [3.05, 3.63) is 93.9 Å². The number of benzene rings is 3. The van der Waals surface area contributed by atoms with Gasteiger partial charge in [0.15, 0.2) is 4.34 Å². The monoisotopic (exact) mass is 434 g/mol. The molecule has 0 bridgehead atoms. The van der Waals surface area contributed by atoms with Gasteiger partial charge in [-0.05, 0) is 53.7 Å². The second-order valence-corrected chi connectivity index (χ2v) is 8.85. The first kappa shape index (κ1) is 19.5. The lowest BCUT2D eigenvalue weighted by Crippen LogP contribution is -1.95. The van der Waals surface area contributed by atoms with E-state index in [4.69, 9.17) is 16.3 Å². The lowest BCUT2D eigenvalue weighted by Gasteiger charge is -2.08. The first-order valence-corrected chi connectivity index (χ1v) is 10.8. The Labute approximate surface area is 182 Å². The number of allylic oxidation sites excluding steroid dienone is 1. The molecule has 142 valence electrons. The number of thioether (sulfide) groups is 1. The number of para-hydroxylation sites is 1. The highest BCUT2D eigenvalue weighted by atomic mass is 35.5. The zero-order valence-electron chi connectivity index (χ0n) is 15.2. The molecule has 1 heterocycles. The molecule has 0 fully saturated rings. The van der Waals surface area contributed by atoms with Gasteiger partial charge in [-0.2, -0.15) is 5.26 Å². The minimum absolute atomic E-state index is 0.408. The number of halogens is 1. The zero-order chi connectivity index (χ0) is 20.1. The molecule has 0 N–H and O–H groups in total. The van der Waals surface area contributed by atoms with Gasteiger partial charge in [0.2, 0.25) is 0 Å². The van der Waals surface area contributed by atoms with Gasteiger partial charge in [-0.25, -0.2) is 4.98 Å². The van der Waals surface area contributed by atoms with E-state index in [2.05, 4.69) is 11.1 Å². The fourth-order valence-electron chi connectivity index (χ4n) is 2.66. The number of aromatic nitrogens is 1. The van der Waals surface area contributed by atoms with Crippen LogP contribution in [-0.2, 0) is 6.61 Å². The molecule has 6 heteroatoms. The van der Waals surface area contributed by atoms with Crippen LogP contribution in [0.2, 0.25) is 5.02 Å². The molecule has 0 unspecified atom stereocenters. The molecule has 0 aliphatic rings. The normalized spacial score (nSPS) is 11.4. The second kappa shape index (κ2) is 9.15. The highest BCUT2D eigenvalue weighted by Crippen LogP contribution is 2.34. The standard InChI is InChI=1S/C23H15ClN2OS2/c24-20-6-2-1-5-17(20)15-27-18-11-9-16(10-12-18)13-19(14-25)28-23-26-21-7-3-4-8-22(21)29-23/h1-13H,15H2/b19-13+. The number of hydrogen-bond donors (Lipinski definition) is 0. The molecule has 3 aromatic carbocycles. The van der Waals surface area contributed by atoms with Crippen molar-refractivity contribution in [3.63, 3.8) is 0 Å². The first-order valence-electron chi connectivity index (χ1n) is 8.83. The molecule has 0 saturated heterocycles. The summed E-state index contributed by atoms with van der Waals surface area (Å²) < 4.78 is 7.78. The molecule has 29 heavy (non-hydrogen) atoms. The molecule has 0 aliphatic carbocycles. The van der Waals surface area contributed by atoms with Gasteiger partial charge in [-0.15, -0.1) is 11.3 Å². The number of thiazole rings is 1. The van der Waals surface area contributed by atoms with Crippen LogP contribution in [0.25, 0.3) is 16.3 Å². The van der Waals surface area contributed by atoms with Crippen LogP contribution in [0, 0.1) is 11.3 Å². The Hall–Kier alpha value is -2.78. The molecule has 0 aliphatic heterocycles. The summed E-state index contributed by atoms with van der Waals surface area (Å²) in [5, 5.41) is 10.2. The maximum atomic E-state index is 9.51. The molecule has 1 aromatic heterocycles. The molecular formula is C23H15ClN2OS2. The highest BCUT2D eigenvalue weighted by molar-refractivity contribution is 8.05. The van der Waals surface area contributed by atoms with Crippen molar-refractivity contribution in [1.29, 1.82) is 5.26 Å². The van der Waals surface area contributed by atoms with E-state index in [0.717, 1.165) is 31.4 Å². The number of fused-ring (bicyclic) bond motifs is 1. The summed E-state index contributed by atoms with van der Waals surface area (Å²) in [6.07, 6.45) is 1.86. The van der Waals surface area contributed by atoms with E-state index in [1.54, 1.807) is 11.3 Å². The number of nitrogens with zero attached hydrogens (tertiary/aromatic N) is 2. The topological polar surface area (TPSA) is 45.9 Å². The van der Waals surface area contributed by atoms with Gasteiger partial charge in [0.1, 0.15) is 18.4 Å². The van der Waals surface area contributed by atoms with E-state index < -0.39 is 0 Å². The van der Waals surface area contributed by atoms with Crippen molar-refractivity contribution in [2.75, 3.05) is 0 Å². The van der Waals surface area contributed by atoms with Gasteiger partial charge < -0.3 is 4.74 Å². The summed E-state index contributed by atoms with van der Waals surface area (Å²) in [4.78, 5) is 5.17. The van der Waals surface area contributed by atoms with Gasteiger partial charge in [0, 0.05) is 10.6 Å².